The normalized spacial score (nSPS) is 12.2. The molecule has 0 saturated heterocycles. The molecule has 0 heterocycles. The van der Waals surface area contributed by atoms with Gasteiger partial charge < -0.3 is 17.2 Å². The van der Waals surface area contributed by atoms with Crippen molar-refractivity contribution in [2.75, 3.05) is 0 Å². The van der Waals surface area contributed by atoms with Crippen LogP contribution in [0, 0.1) is 0 Å². The summed E-state index contributed by atoms with van der Waals surface area (Å²) in [6.07, 6.45) is 4.47. The summed E-state index contributed by atoms with van der Waals surface area (Å²) in [5, 5.41) is 0. The molecule has 0 aliphatic carbocycles. The lowest BCUT2D eigenvalue weighted by Gasteiger charge is -1.92. The SMILES string of the molecule is N/C=C\C=C(/N)CC(N)=O. The molecule has 0 aliphatic rings. The van der Waals surface area contributed by atoms with E-state index in [1.54, 1.807) is 0 Å². The number of allylic oxidation sites excluding steroid dienone is 2. The van der Waals surface area contributed by atoms with E-state index in [1.165, 1.54) is 18.4 Å². The highest BCUT2D eigenvalue weighted by Crippen LogP contribution is 1.90. The fourth-order valence-electron chi connectivity index (χ4n) is 0.439. The van der Waals surface area contributed by atoms with E-state index in [-0.39, 0.29) is 6.42 Å². The third-order valence-corrected chi connectivity index (χ3v) is 0.800. The first-order chi connectivity index (χ1) is 4.66. The van der Waals surface area contributed by atoms with E-state index in [0.29, 0.717) is 5.70 Å². The maximum atomic E-state index is 10.2. The molecule has 0 radical (unpaired) electrons. The molecular formula is C6H11N3O. The number of carbonyl (C=O) groups is 1. The number of nitrogens with two attached hydrogens (primary N) is 3. The zero-order valence-corrected chi connectivity index (χ0v) is 5.58. The van der Waals surface area contributed by atoms with Gasteiger partial charge in [0.1, 0.15) is 0 Å². The Morgan fingerprint density at radius 1 is 1.40 bits per heavy atom. The van der Waals surface area contributed by atoms with E-state index in [2.05, 4.69) is 0 Å². The minimum atomic E-state index is -0.445. The van der Waals surface area contributed by atoms with Crippen molar-refractivity contribution in [3.63, 3.8) is 0 Å². The summed E-state index contributed by atoms with van der Waals surface area (Å²) < 4.78 is 0. The van der Waals surface area contributed by atoms with Gasteiger partial charge in [0.25, 0.3) is 0 Å². The second-order valence-corrected chi connectivity index (χ2v) is 1.77. The van der Waals surface area contributed by atoms with Gasteiger partial charge in [0.05, 0.1) is 6.42 Å². The largest absolute Gasteiger partial charge is 0.405 e. The van der Waals surface area contributed by atoms with E-state index in [0.717, 1.165) is 0 Å². The van der Waals surface area contributed by atoms with Crippen LogP contribution >= 0.6 is 0 Å². The number of hydrogen-bond donors (Lipinski definition) is 3. The molecule has 4 nitrogen and oxygen atoms in total. The van der Waals surface area contributed by atoms with Gasteiger partial charge in [-0.05, 0) is 18.4 Å². The maximum Gasteiger partial charge on any atom is 0.223 e. The van der Waals surface area contributed by atoms with Crippen LogP contribution < -0.4 is 17.2 Å². The molecule has 0 atom stereocenters. The van der Waals surface area contributed by atoms with Crippen molar-refractivity contribution in [1.82, 2.24) is 0 Å². The first-order valence-corrected chi connectivity index (χ1v) is 2.78. The van der Waals surface area contributed by atoms with Gasteiger partial charge in [0.15, 0.2) is 0 Å². The van der Waals surface area contributed by atoms with Crippen molar-refractivity contribution < 1.29 is 4.79 Å². The van der Waals surface area contributed by atoms with Gasteiger partial charge in [-0.25, -0.2) is 0 Å². The van der Waals surface area contributed by atoms with Gasteiger partial charge in [0.2, 0.25) is 5.91 Å². The lowest BCUT2D eigenvalue weighted by atomic mass is 10.3. The van der Waals surface area contributed by atoms with E-state index in [9.17, 15) is 4.79 Å². The van der Waals surface area contributed by atoms with Crippen LogP contribution in [-0.2, 0) is 4.79 Å². The smallest absolute Gasteiger partial charge is 0.223 e. The predicted molar refractivity (Wildman–Crippen MR) is 39.4 cm³/mol. The predicted octanol–water partition coefficient (Wildman–Crippen LogP) is -0.823. The first-order valence-electron chi connectivity index (χ1n) is 2.78. The van der Waals surface area contributed by atoms with Crippen LogP contribution in [0.3, 0.4) is 0 Å². The topological polar surface area (TPSA) is 95.1 Å². The van der Waals surface area contributed by atoms with Crippen molar-refractivity contribution in [2.45, 2.75) is 6.42 Å². The van der Waals surface area contributed by atoms with Crippen LogP contribution in [0.1, 0.15) is 6.42 Å². The Kier molecular flexibility index (Phi) is 3.79. The summed E-state index contributed by atoms with van der Waals surface area (Å²) in [6, 6.07) is 0. The molecule has 0 spiro atoms. The van der Waals surface area contributed by atoms with Crippen LogP contribution in [0.4, 0.5) is 0 Å². The van der Waals surface area contributed by atoms with E-state index < -0.39 is 5.91 Å². The van der Waals surface area contributed by atoms with Crippen LogP contribution in [0.25, 0.3) is 0 Å². The molecule has 4 heteroatoms. The molecule has 0 saturated carbocycles. The minimum absolute atomic E-state index is 0.0737. The zero-order chi connectivity index (χ0) is 7.98. The quantitative estimate of drug-likeness (QED) is 0.448. The average molecular weight is 141 g/mol. The van der Waals surface area contributed by atoms with E-state index in [4.69, 9.17) is 17.2 Å². The Hall–Kier alpha value is -1.45. The van der Waals surface area contributed by atoms with Crippen molar-refractivity contribution >= 4 is 5.91 Å². The Labute approximate surface area is 59.4 Å². The molecule has 0 aliphatic heterocycles. The lowest BCUT2D eigenvalue weighted by Crippen LogP contribution is -2.14. The maximum absolute atomic E-state index is 10.2. The molecule has 0 aromatic carbocycles. The van der Waals surface area contributed by atoms with E-state index >= 15 is 0 Å². The number of primary amides is 1. The molecule has 0 fully saturated rings. The molecule has 0 rings (SSSR count). The molecule has 0 bridgehead atoms. The van der Waals surface area contributed by atoms with Crippen LogP contribution in [0.15, 0.2) is 24.0 Å². The highest BCUT2D eigenvalue weighted by atomic mass is 16.1. The van der Waals surface area contributed by atoms with E-state index in [1.807, 2.05) is 0 Å². The van der Waals surface area contributed by atoms with Crippen molar-refractivity contribution in [2.24, 2.45) is 17.2 Å². The summed E-state index contributed by atoms with van der Waals surface area (Å²) >= 11 is 0. The standard InChI is InChI=1S/C6H11N3O/c7-3-1-2-5(8)4-6(9)10/h1-3H,4,7-8H2,(H2,9,10)/b3-1-,5-2-. The van der Waals surface area contributed by atoms with Crippen LogP contribution in [0.5, 0.6) is 0 Å². The highest BCUT2D eigenvalue weighted by molar-refractivity contribution is 5.76. The molecule has 0 aromatic rings. The summed E-state index contributed by atoms with van der Waals surface area (Å²) in [6.45, 7) is 0. The summed E-state index contributed by atoms with van der Waals surface area (Å²) in [5.74, 6) is -0.445. The Morgan fingerprint density at radius 3 is 2.40 bits per heavy atom. The molecule has 0 aromatic heterocycles. The number of amides is 1. The number of hydrogen-bond acceptors (Lipinski definition) is 3. The van der Waals surface area contributed by atoms with Gasteiger partial charge in [-0.2, -0.15) is 0 Å². The first kappa shape index (κ1) is 8.55. The van der Waals surface area contributed by atoms with Crippen molar-refractivity contribution in [1.29, 1.82) is 0 Å². The summed E-state index contributed by atoms with van der Waals surface area (Å²) in [7, 11) is 0. The molecule has 10 heavy (non-hydrogen) atoms. The number of carbonyl (C=O) groups excluding carboxylic acids is 1. The monoisotopic (exact) mass is 141 g/mol. The van der Waals surface area contributed by atoms with Gasteiger partial charge in [-0.3, -0.25) is 4.79 Å². The Bertz CT molecular complexity index is 172. The van der Waals surface area contributed by atoms with Gasteiger partial charge in [-0.1, -0.05) is 0 Å². The van der Waals surface area contributed by atoms with Gasteiger partial charge >= 0.3 is 0 Å². The lowest BCUT2D eigenvalue weighted by molar-refractivity contribution is -0.117. The van der Waals surface area contributed by atoms with Gasteiger partial charge in [-0.15, -0.1) is 0 Å². The van der Waals surface area contributed by atoms with Crippen molar-refractivity contribution in [3.8, 4) is 0 Å². The van der Waals surface area contributed by atoms with Crippen LogP contribution in [-0.4, -0.2) is 5.91 Å². The molecule has 6 N–H and O–H groups in total. The Morgan fingerprint density at radius 2 is 2.00 bits per heavy atom. The second-order valence-electron chi connectivity index (χ2n) is 1.77. The highest BCUT2D eigenvalue weighted by Gasteiger charge is 1.93. The molecular weight excluding hydrogens is 130 g/mol. The summed E-state index contributed by atoms with van der Waals surface area (Å²) in [4.78, 5) is 10.2. The summed E-state index contributed by atoms with van der Waals surface area (Å²) in [5.41, 5.74) is 15.6. The molecule has 0 unspecified atom stereocenters. The fourth-order valence-corrected chi connectivity index (χ4v) is 0.439. The average Bonchev–Trinajstić information content (AvgIpc) is 1.82. The minimum Gasteiger partial charge on any atom is -0.405 e. The third-order valence-electron chi connectivity index (χ3n) is 0.800. The Balaban J connectivity index is 3.82. The molecule has 56 valence electrons. The second kappa shape index (κ2) is 4.43. The third kappa shape index (κ3) is 4.70. The van der Waals surface area contributed by atoms with Crippen molar-refractivity contribution in [3.05, 3.63) is 24.0 Å². The van der Waals surface area contributed by atoms with Crippen LogP contribution in [0.2, 0.25) is 0 Å². The molecule has 1 amide bonds. The number of rotatable bonds is 3. The van der Waals surface area contributed by atoms with Gasteiger partial charge in [0, 0.05) is 5.70 Å². The fraction of sp³-hybridized carbons (Fsp3) is 0.167. The zero-order valence-electron chi connectivity index (χ0n) is 5.58.